The molecule has 1 heterocycles. The van der Waals surface area contributed by atoms with Crippen LogP contribution < -0.4 is 14.2 Å². The lowest BCUT2D eigenvalue weighted by molar-refractivity contribution is -0.154. The lowest BCUT2D eigenvalue weighted by Gasteiger charge is -2.30. The number of ether oxygens (including phenoxy) is 4. The van der Waals surface area contributed by atoms with E-state index in [1.165, 1.54) is 19.4 Å². The molecule has 0 amide bonds. The topological polar surface area (TPSA) is 104 Å². The number of rotatable bonds is 11. The molecule has 0 aliphatic rings. The first-order valence-corrected chi connectivity index (χ1v) is 10.8. The number of carbonyl (C=O) groups is 2. The van der Waals surface area contributed by atoms with Gasteiger partial charge in [0, 0.05) is 36.2 Å². The van der Waals surface area contributed by atoms with Crippen molar-refractivity contribution in [1.29, 1.82) is 0 Å². The molecular formula is C25H33NO7. The summed E-state index contributed by atoms with van der Waals surface area (Å²) in [6, 6.07) is 7.01. The maximum atomic E-state index is 12.8. The highest BCUT2D eigenvalue weighted by Gasteiger charge is 2.31. The van der Waals surface area contributed by atoms with Crippen LogP contribution in [0.25, 0.3) is 0 Å². The Morgan fingerprint density at radius 1 is 0.970 bits per heavy atom. The lowest BCUT2D eigenvalue weighted by Crippen LogP contribution is -2.29. The second-order valence-corrected chi connectivity index (χ2v) is 8.26. The number of benzene rings is 1. The summed E-state index contributed by atoms with van der Waals surface area (Å²) in [4.78, 5) is 29.4. The molecule has 0 spiro atoms. The third kappa shape index (κ3) is 6.15. The van der Waals surface area contributed by atoms with Crippen LogP contribution >= 0.6 is 0 Å². The Hall–Kier alpha value is -3.29. The Balaban J connectivity index is 2.15. The molecule has 8 nitrogen and oxygen atoms in total. The fourth-order valence-electron chi connectivity index (χ4n) is 3.88. The molecule has 0 aliphatic heterocycles. The zero-order valence-corrected chi connectivity index (χ0v) is 20.2. The average Bonchev–Trinajstić information content (AvgIpc) is 2.78. The molecule has 1 aromatic carbocycles. The molecule has 0 saturated carbocycles. The minimum Gasteiger partial charge on any atom is -0.503 e. The van der Waals surface area contributed by atoms with Crippen molar-refractivity contribution in [2.24, 2.45) is 11.8 Å². The maximum Gasteiger partial charge on any atom is 0.309 e. The molecular weight excluding hydrogens is 426 g/mol. The molecule has 0 saturated heterocycles. The van der Waals surface area contributed by atoms with E-state index in [0.29, 0.717) is 11.5 Å². The zero-order valence-electron chi connectivity index (χ0n) is 20.2. The van der Waals surface area contributed by atoms with Crippen molar-refractivity contribution in [3.05, 3.63) is 41.7 Å². The summed E-state index contributed by atoms with van der Waals surface area (Å²) in [6.45, 7) is 7.53. The molecule has 2 aromatic rings. The summed E-state index contributed by atoms with van der Waals surface area (Å²) in [6.07, 6.45) is 0.741. The molecule has 0 radical (unpaired) electrons. The number of pyridine rings is 1. The van der Waals surface area contributed by atoms with E-state index in [-0.39, 0.29) is 35.4 Å². The Labute approximate surface area is 194 Å². The highest BCUT2D eigenvalue weighted by molar-refractivity contribution is 5.99. The Morgan fingerprint density at radius 2 is 1.64 bits per heavy atom. The van der Waals surface area contributed by atoms with Crippen LogP contribution in [0, 0.1) is 11.8 Å². The molecule has 3 atom stereocenters. The quantitative estimate of drug-likeness (QED) is 0.390. The number of Topliss-reactive ketones (excluding diaryl/α,β-unsaturated/α-hetero) is 1. The molecule has 0 unspecified atom stereocenters. The molecule has 0 fully saturated rings. The fourth-order valence-corrected chi connectivity index (χ4v) is 3.88. The minimum absolute atomic E-state index is 0.134. The van der Waals surface area contributed by atoms with E-state index in [2.05, 4.69) is 4.98 Å². The molecule has 1 aromatic heterocycles. The fraction of sp³-hybridized carbons (Fsp3) is 0.480. The summed E-state index contributed by atoms with van der Waals surface area (Å²) in [5, 5.41) is 10.2. The Morgan fingerprint density at radius 3 is 2.21 bits per heavy atom. The van der Waals surface area contributed by atoms with Gasteiger partial charge in [-0.3, -0.25) is 9.59 Å². The number of methoxy groups -OCH3 is 3. The van der Waals surface area contributed by atoms with E-state index in [1.807, 2.05) is 32.9 Å². The minimum atomic E-state index is -0.724. The number of ketones is 1. The zero-order chi connectivity index (χ0) is 24.7. The highest BCUT2D eigenvalue weighted by Crippen LogP contribution is 2.38. The molecule has 0 aliphatic carbocycles. The molecule has 1 N–H and O–H groups in total. The smallest absolute Gasteiger partial charge is 0.309 e. The Bertz CT molecular complexity index is 973. The second-order valence-electron chi connectivity index (χ2n) is 8.26. The number of hydrogen-bond donors (Lipinski definition) is 1. The van der Waals surface area contributed by atoms with E-state index in [4.69, 9.17) is 18.9 Å². The van der Waals surface area contributed by atoms with Crippen molar-refractivity contribution in [3.8, 4) is 23.0 Å². The van der Waals surface area contributed by atoms with E-state index in [0.717, 1.165) is 5.56 Å². The van der Waals surface area contributed by atoms with Gasteiger partial charge in [0.15, 0.2) is 23.0 Å². The van der Waals surface area contributed by atoms with Crippen molar-refractivity contribution in [2.45, 2.75) is 46.1 Å². The number of aromatic hydroxyl groups is 1. The SMILES string of the molecule is COc1ccc([C@H](C(C)C)[C@H](C)OC(=O)[C@H](C)CC(=O)c2nccc(OC)c2O)c(OC)c1. The van der Waals surface area contributed by atoms with Crippen LogP contribution in [0.3, 0.4) is 0 Å². The van der Waals surface area contributed by atoms with Gasteiger partial charge < -0.3 is 24.1 Å². The van der Waals surface area contributed by atoms with E-state index in [1.54, 1.807) is 27.2 Å². The van der Waals surface area contributed by atoms with Gasteiger partial charge in [0.25, 0.3) is 0 Å². The first-order chi connectivity index (χ1) is 15.6. The van der Waals surface area contributed by atoms with Crippen LogP contribution in [0.1, 0.15) is 56.1 Å². The molecule has 2 rings (SSSR count). The van der Waals surface area contributed by atoms with Gasteiger partial charge in [0.2, 0.25) is 0 Å². The van der Waals surface area contributed by atoms with Crippen LogP contribution in [0.5, 0.6) is 23.0 Å². The number of hydrogen-bond acceptors (Lipinski definition) is 8. The molecule has 8 heteroatoms. The first-order valence-electron chi connectivity index (χ1n) is 10.8. The van der Waals surface area contributed by atoms with Crippen LogP contribution in [-0.4, -0.2) is 49.3 Å². The number of carbonyl (C=O) groups excluding carboxylic acids is 2. The third-order valence-corrected chi connectivity index (χ3v) is 5.59. The predicted octanol–water partition coefficient (Wildman–Crippen LogP) is 4.39. The molecule has 180 valence electrons. The van der Waals surface area contributed by atoms with E-state index in [9.17, 15) is 14.7 Å². The standard InChI is InChI=1S/C25H33NO7/c1-14(2)22(18-9-8-17(30-5)13-21(18)32-7)16(4)33-25(29)15(3)12-19(27)23-24(28)20(31-6)10-11-26-23/h8-11,13-16,22,28H,12H2,1-7H3/t15-,16+,22-/m1/s1. The summed E-state index contributed by atoms with van der Waals surface area (Å²) in [5.41, 5.74) is 0.771. The van der Waals surface area contributed by atoms with E-state index >= 15 is 0 Å². The first kappa shape index (κ1) is 26.0. The lowest BCUT2D eigenvalue weighted by atomic mass is 9.83. The van der Waals surface area contributed by atoms with Crippen LogP contribution in [0.4, 0.5) is 0 Å². The van der Waals surface area contributed by atoms with Crippen molar-refractivity contribution < 1.29 is 33.6 Å². The van der Waals surface area contributed by atoms with Crippen molar-refractivity contribution in [1.82, 2.24) is 4.98 Å². The van der Waals surface area contributed by atoms with E-state index < -0.39 is 23.8 Å². The normalized spacial score (nSPS) is 13.7. The van der Waals surface area contributed by atoms with Gasteiger partial charge in [-0.2, -0.15) is 0 Å². The van der Waals surface area contributed by atoms with Crippen molar-refractivity contribution in [2.75, 3.05) is 21.3 Å². The number of esters is 1. The molecule has 0 bridgehead atoms. The average molecular weight is 460 g/mol. The number of nitrogens with zero attached hydrogens (tertiary/aromatic N) is 1. The third-order valence-electron chi connectivity index (χ3n) is 5.59. The highest BCUT2D eigenvalue weighted by atomic mass is 16.5. The van der Waals surface area contributed by atoms with Gasteiger partial charge in [-0.25, -0.2) is 4.98 Å². The van der Waals surface area contributed by atoms with Gasteiger partial charge in [-0.05, 0) is 18.9 Å². The second kappa shape index (κ2) is 11.5. The summed E-state index contributed by atoms with van der Waals surface area (Å²) < 4.78 is 21.6. The summed E-state index contributed by atoms with van der Waals surface area (Å²) >= 11 is 0. The number of aromatic nitrogens is 1. The maximum absolute atomic E-state index is 12.8. The van der Waals surface area contributed by atoms with Gasteiger partial charge in [-0.1, -0.05) is 26.8 Å². The van der Waals surface area contributed by atoms with Crippen LogP contribution in [-0.2, 0) is 9.53 Å². The van der Waals surface area contributed by atoms with Gasteiger partial charge in [-0.15, -0.1) is 0 Å². The van der Waals surface area contributed by atoms with Crippen LogP contribution in [0.2, 0.25) is 0 Å². The molecule has 33 heavy (non-hydrogen) atoms. The van der Waals surface area contributed by atoms with Gasteiger partial charge in [0.05, 0.1) is 27.2 Å². The monoisotopic (exact) mass is 459 g/mol. The van der Waals surface area contributed by atoms with Gasteiger partial charge in [0.1, 0.15) is 17.6 Å². The summed E-state index contributed by atoms with van der Waals surface area (Å²) in [5.74, 6) is -0.569. The van der Waals surface area contributed by atoms with Crippen LogP contribution in [0.15, 0.2) is 30.5 Å². The van der Waals surface area contributed by atoms with Crippen molar-refractivity contribution in [3.63, 3.8) is 0 Å². The Kier molecular flexibility index (Phi) is 9.08. The predicted molar refractivity (Wildman–Crippen MR) is 123 cm³/mol. The summed E-state index contributed by atoms with van der Waals surface area (Å²) in [7, 11) is 4.55. The van der Waals surface area contributed by atoms with Crippen molar-refractivity contribution >= 4 is 11.8 Å². The van der Waals surface area contributed by atoms with Gasteiger partial charge >= 0.3 is 5.97 Å². The largest absolute Gasteiger partial charge is 0.503 e.